The highest BCUT2D eigenvalue weighted by atomic mass is 16.5. The van der Waals surface area contributed by atoms with Gasteiger partial charge in [-0.05, 0) is 24.6 Å². The van der Waals surface area contributed by atoms with Crippen molar-refractivity contribution in [3.05, 3.63) is 42.0 Å². The summed E-state index contributed by atoms with van der Waals surface area (Å²) in [5, 5.41) is 13.7. The van der Waals surface area contributed by atoms with Gasteiger partial charge in [0, 0.05) is 18.9 Å². The van der Waals surface area contributed by atoms with Crippen LogP contribution in [0.25, 0.3) is 5.69 Å². The Morgan fingerprint density at radius 1 is 1.52 bits per heavy atom. The van der Waals surface area contributed by atoms with Gasteiger partial charge in [0.2, 0.25) is 0 Å². The van der Waals surface area contributed by atoms with Crippen LogP contribution in [0.5, 0.6) is 0 Å². The van der Waals surface area contributed by atoms with Crippen LogP contribution < -0.4 is 5.32 Å². The summed E-state index contributed by atoms with van der Waals surface area (Å²) in [6, 6.07) is 5.97. The molecule has 0 aliphatic carbocycles. The number of nitrogens with zero attached hydrogens (tertiary/aromatic N) is 2. The molecule has 1 aromatic carbocycles. The molecule has 0 fully saturated rings. The predicted octanol–water partition coefficient (Wildman–Crippen LogP) is 1.43. The second-order valence-electron chi connectivity index (χ2n) is 5.13. The van der Waals surface area contributed by atoms with Gasteiger partial charge in [0.1, 0.15) is 17.8 Å². The fourth-order valence-corrected chi connectivity index (χ4v) is 2.61. The Hall–Kier alpha value is -2.34. The van der Waals surface area contributed by atoms with E-state index in [-0.39, 0.29) is 6.54 Å². The number of carbonyl (C=O) groups excluding carboxylic acids is 1. The van der Waals surface area contributed by atoms with E-state index in [9.17, 15) is 9.90 Å². The summed E-state index contributed by atoms with van der Waals surface area (Å²) < 4.78 is 6.58. The van der Waals surface area contributed by atoms with E-state index in [1.807, 2.05) is 25.1 Å². The number of nitrogens with one attached hydrogen (secondary N) is 1. The molecule has 6 heteroatoms. The number of aryl methyl sites for hydroxylation is 1. The molecule has 2 N–H and O–H groups in total. The third kappa shape index (κ3) is 2.27. The Kier molecular flexibility index (Phi) is 3.39. The zero-order valence-corrected chi connectivity index (χ0v) is 11.9. The average Bonchev–Trinajstić information content (AvgIpc) is 2.94. The highest BCUT2D eigenvalue weighted by Gasteiger charge is 2.33. The van der Waals surface area contributed by atoms with Crippen molar-refractivity contribution in [2.75, 3.05) is 19.0 Å². The van der Waals surface area contributed by atoms with Crippen LogP contribution in [-0.4, -0.2) is 34.3 Å². The first-order valence-corrected chi connectivity index (χ1v) is 6.76. The average molecular weight is 287 g/mol. The fraction of sp³-hybridized carbons (Fsp3) is 0.333. The van der Waals surface area contributed by atoms with Gasteiger partial charge in [-0.15, -0.1) is 0 Å². The van der Waals surface area contributed by atoms with Gasteiger partial charge in [0.05, 0.1) is 18.5 Å². The number of benzene rings is 1. The second kappa shape index (κ2) is 5.21. The first-order valence-electron chi connectivity index (χ1n) is 6.76. The number of imidazole rings is 1. The molecule has 2 heterocycles. The molecule has 1 aliphatic rings. The van der Waals surface area contributed by atoms with Crippen LogP contribution in [0, 0.1) is 12.8 Å². The van der Waals surface area contributed by atoms with Crippen molar-refractivity contribution in [2.45, 2.75) is 13.0 Å². The maximum atomic E-state index is 11.9. The zero-order valence-electron chi connectivity index (χ0n) is 11.9. The maximum Gasteiger partial charge on any atom is 0.313 e. The van der Waals surface area contributed by atoms with E-state index in [0.29, 0.717) is 5.82 Å². The number of ether oxygens (including phenoxy) is 1. The smallest absolute Gasteiger partial charge is 0.313 e. The Morgan fingerprint density at radius 3 is 3.10 bits per heavy atom. The van der Waals surface area contributed by atoms with Gasteiger partial charge in [0.25, 0.3) is 0 Å². The first-order chi connectivity index (χ1) is 10.1. The molecule has 0 spiro atoms. The number of aliphatic hydroxyl groups excluding tert-OH is 1. The van der Waals surface area contributed by atoms with E-state index in [4.69, 9.17) is 4.74 Å². The van der Waals surface area contributed by atoms with Gasteiger partial charge in [0.15, 0.2) is 0 Å². The molecular weight excluding hydrogens is 270 g/mol. The minimum Gasteiger partial charge on any atom is -0.469 e. The summed E-state index contributed by atoms with van der Waals surface area (Å²) in [6.45, 7) is 2.29. The minimum absolute atomic E-state index is 0.289. The van der Waals surface area contributed by atoms with E-state index in [2.05, 4.69) is 10.3 Å². The molecule has 0 bridgehead atoms. The number of methoxy groups -OCH3 is 1. The largest absolute Gasteiger partial charge is 0.469 e. The lowest BCUT2D eigenvalue weighted by molar-refractivity contribution is -0.149. The molecule has 110 valence electrons. The van der Waals surface area contributed by atoms with Gasteiger partial charge < -0.3 is 15.2 Å². The van der Waals surface area contributed by atoms with Gasteiger partial charge in [-0.2, -0.15) is 0 Å². The SMILES string of the molecule is COC(=O)[C@H]1CNc2cc(C)ccc2-n2ccnc2[C@H]1O. The van der Waals surface area contributed by atoms with Crippen molar-refractivity contribution in [3.8, 4) is 5.69 Å². The molecule has 3 rings (SSSR count). The number of aliphatic hydroxyl groups is 1. The summed E-state index contributed by atoms with van der Waals surface area (Å²) >= 11 is 0. The van der Waals surface area contributed by atoms with Crippen molar-refractivity contribution in [2.24, 2.45) is 5.92 Å². The van der Waals surface area contributed by atoms with E-state index in [1.165, 1.54) is 7.11 Å². The Labute approximate surface area is 122 Å². The predicted molar refractivity (Wildman–Crippen MR) is 77.3 cm³/mol. The molecule has 1 aromatic heterocycles. The van der Waals surface area contributed by atoms with Gasteiger partial charge in [-0.1, -0.05) is 6.07 Å². The molecule has 0 radical (unpaired) electrons. The van der Waals surface area contributed by atoms with Crippen LogP contribution in [0.4, 0.5) is 5.69 Å². The lowest BCUT2D eigenvalue weighted by Gasteiger charge is -2.26. The van der Waals surface area contributed by atoms with Gasteiger partial charge in [-0.3, -0.25) is 9.36 Å². The topological polar surface area (TPSA) is 76.4 Å². The quantitative estimate of drug-likeness (QED) is 0.776. The maximum absolute atomic E-state index is 11.9. The molecule has 0 unspecified atom stereocenters. The number of hydrogen-bond acceptors (Lipinski definition) is 5. The monoisotopic (exact) mass is 287 g/mol. The molecule has 0 amide bonds. The van der Waals surface area contributed by atoms with E-state index in [1.54, 1.807) is 17.0 Å². The number of rotatable bonds is 1. The normalized spacial score (nSPS) is 20.5. The molecule has 0 saturated carbocycles. The number of aromatic nitrogens is 2. The summed E-state index contributed by atoms with van der Waals surface area (Å²) in [5.74, 6) is -0.720. The minimum atomic E-state index is -1.02. The fourth-order valence-electron chi connectivity index (χ4n) is 2.61. The lowest BCUT2D eigenvalue weighted by Crippen LogP contribution is -2.33. The summed E-state index contributed by atoms with van der Waals surface area (Å²) in [6.07, 6.45) is 2.37. The van der Waals surface area contributed by atoms with Crippen LogP contribution in [0.15, 0.2) is 30.6 Å². The van der Waals surface area contributed by atoms with Crippen molar-refractivity contribution in [3.63, 3.8) is 0 Å². The Bertz CT molecular complexity index is 681. The van der Waals surface area contributed by atoms with Gasteiger partial charge >= 0.3 is 5.97 Å². The van der Waals surface area contributed by atoms with Crippen molar-refractivity contribution >= 4 is 11.7 Å². The molecule has 21 heavy (non-hydrogen) atoms. The molecule has 6 nitrogen and oxygen atoms in total. The van der Waals surface area contributed by atoms with Crippen LogP contribution in [0.2, 0.25) is 0 Å². The van der Waals surface area contributed by atoms with Crippen molar-refractivity contribution in [1.82, 2.24) is 9.55 Å². The highest BCUT2D eigenvalue weighted by Crippen LogP contribution is 2.31. The van der Waals surface area contributed by atoms with Crippen molar-refractivity contribution < 1.29 is 14.6 Å². The highest BCUT2D eigenvalue weighted by molar-refractivity contribution is 5.75. The molecular formula is C15H17N3O3. The molecule has 2 atom stereocenters. The van der Waals surface area contributed by atoms with E-state index in [0.717, 1.165) is 16.9 Å². The Balaban J connectivity index is 2.13. The lowest BCUT2D eigenvalue weighted by atomic mass is 10.00. The van der Waals surface area contributed by atoms with Crippen LogP contribution in [0.1, 0.15) is 17.5 Å². The molecule has 0 saturated heterocycles. The van der Waals surface area contributed by atoms with E-state index >= 15 is 0 Å². The number of fused-ring (bicyclic) bond motifs is 3. The van der Waals surface area contributed by atoms with E-state index < -0.39 is 18.0 Å². The number of hydrogen-bond donors (Lipinski definition) is 2. The Morgan fingerprint density at radius 2 is 2.33 bits per heavy atom. The van der Waals surface area contributed by atoms with Crippen molar-refractivity contribution in [1.29, 1.82) is 0 Å². The van der Waals surface area contributed by atoms with Crippen LogP contribution in [-0.2, 0) is 9.53 Å². The summed E-state index contributed by atoms with van der Waals surface area (Å²) in [5.41, 5.74) is 2.91. The standard InChI is InChI=1S/C15H17N3O3/c1-9-3-4-12-11(7-9)17-8-10(15(20)21-2)13(19)14-16-5-6-18(12)14/h3-7,10,13,17,19H,8H2,1-2H3/t10-,13-/m0/s1. The number of carbonyl (C=O) groups is 1. The number of esters is 1. The van der Waals surface area contributed by atoms with Gasteiger partial charge in [-0.25, -0.2) is 4.98 Å². The summed E-state index contributed by atoms with van der Waals surface area (Å²) in [4.78, 5) is 16.1. The summed E-state index contributed by atoms with van der Waals surface area (Å²) in [7, 11) is 1.32. The second-order valence-corrected chi connectivity index (χ2v) is 5.13. The third-order valence-corrected chi connectivity index (χ3v) is 3.74. The molecule has 2 aromatic rings. The zero-order chi connectivity index (χ0) is 15.0. The number of anilines is 1. The van der Waals surface area contributed by atoms with Crippen LogP contribution in [0.3, 0.4) is 0 Å². The van der Waals surface area contributed by atoms with Crippen LogP contribution >= 0.6 is 0 Å². The molecule has 1 aliphatic heterocycles. The first kappa shape index (κ1) is 13.6. The third-order valence-electron chi connectivity index (χ3n) is 3.74.